The second-order valence-electron chi connectivity index (χ2n) is 15.6. The molecule has 0 aromatic heterocycles. The summed E-state index contributed by atoms with van der Waals surface area (Å²) in [6, 6.07) is 0. The van der Waals surface area contributed by atoms with Crippen molar-refractivity contribution in [3.8, 4) is 0 Å². The van der Waals surface area contributed by atoms with Gasteiger partial charge in [0.05, 0.1) is 0 Å². The van der Waals surface area contributed by atoms with Gasteiger partial charge < -0.3 is 14.2 Å². The van der Waals surface area contributed by atoms with Crippen molar-refractivity contribution < 1.29 is 28.6 Å². The number of rotatable bonds is 42. The Balaban J connectivity index is 4.38. The van der Waals surface area contributed by atoms with Crippen LogP contribution in [-0.2, 0) is 28.6 Å². The molecule has 0 amide bonds. The summed E-state index contributed by atoms with van der Waals surface area (Å²) >= 11 is 0. The Morgan fingerprint density at radius 1 is 0.375 bits per heavy atom. The molecule has 6 nitrogen and oxygen atoms in total. The lowest BCUT2D eigenvalue weighted by Gasteiger charge is -2.18. The van der Waals surface area contributed by atoms with Crippen molar-refractivity contribution >= 4 is 17.9 Å². The Kier molecular flexibility index (Phi) is 43.0. The second-order valence-corrected chi connectivity index (χ2v) is 15.6. The van der Waals surface area contributed by atoms with E-state index in [0.717, 1.165) is 89.9 Å². The first-order chi connectivity index (χ1) is 27.5. The van der Waals surface area contributed by atoms with Crippen LogP contribution in [0, 0.1) is 0 Å². The van der Waals surface area contributed by atoms with Gasteiger partial charge in [-0.2, -0.15) is 0 Å². The Labute approximate surface area is 346 Å². The molecule has 0 rings (SSSR count). The fourth-order valence-corrected chi connectivity index (χ4v) is 6.51. The van der Waals surface area contributed by atoms with Crippen molar-refractivity contribution in [1.82, 2.24) is 0 Å². The predicted molar refractivity (Wildman–Crippen MR) is 238 cm³/mol. The molecule has 0 bridgehead atoms. The zero-order valence-electron chi connectivity index (χ0n) is 36.9. The fourth-order valence-electron chi connectivity index (χ4n) is 6.51. The molecule has 0 aliphatic rings. The molecule has 0 saturated carbocycles. The van der Waals surface area contributed by atoms with Gasteiger partial charge in [-0.1, -0.05) is 185 Å². The molecule has 0 N–H and O–H groups in total. The van der Waals surface area contributed by atoms with Crippen molar-refractivity contribution in [2.45, 2.75) is 239 Å². The van der Waals surface area contributed by atoms with Crippen molar-refractivity contribution in [2.24, 2.45) is 0 Å². The lowest BCUT2D eigenvalue weighted by molar-refractivity contribution is -0.167. The van der Waals surface area contributed by atoms with Gasteiger partial charge in [0.2, 0.25) is 0 Å². The van der Waals surface area contributed by atoms with Gasteiger partial charge >= 0.3 is 17.9 Å². The van der Waals surface area contributed by atoms with Crippen LogP contribution in [0.15, 0.2) is 48.6 Å². The van der Waals surface area contributed by atoms with Crippen molar-refractivity contribution in [3.63, 3.8) is 0 Å². The van der Waals surface area contributed by atoms with E-state index >= 15 is 0 Å². The molecule has 0 spiro atoms. The highest BCUT2D eigenvalue weighted by molar-refractivity contribution is 5.71. The van der Waals surface area contributed by atoms with Crippen LogP contribution >= 0.6 is 0 Å². The molecule has 1 unspecified atom stereocenters. The molecule has 324 valence electrons. The molecular formula is C50H88O6. The van der Waals surface area contributed by atoms with Crippen LogP contribution in [0.5, 0.6) is 0 Å². The Morgan fingerprint density at radius 3 is 1.12 bits per heavy atom. The minimum absolute atomic E-state index is 0.0864. The average Bonchev–Trinajstić information content (AvgIpc) is 3.19. The summed E-state index contributed by atoms with van der Waals surface area (Å²) in [6.45, 7) is 6.46. The number of ether oxygens (including phenoxy) is 3. The summed E-state index contributed by atoms with van der Waals surface area (Å²) in [4.78, 5) is 37.7. The van der Waals surface area contributed by atoms with Crippen molar-refractivity contribution in [1.29, 1.82) is 0 Å². The van der Waals surface area contributed by atoms with E-state index in [4.69, 9.17) is 14.2 Å². The van der Waals surface area contributed by atoms with Gasteiger partial charge in [0, 0.05) is 19.3 Å². The van der Waals surface area contributed by atoms with E-state index in [1.54, 1.807) is 0 Å². The van der Waals surface area contributed by atoms with Crippen LogP contribution in [0.3, 0.4) is 0 Å². The van der Waals surface area contributed by atoms with E-state index in [1.165, 1.54) is 103 Å². The maximum atomic E-state index is 12.7. The Hall–Kier alpha value is -2.63. The smallest absolute Gasteiger partial charge is 0.306 e. The number of hydrogen-bond donors (Lipinski definition) is 0. The zero-order valence-corrected chi connectivity index (χ0v) is 36.9. The highest BCUT2D eigenvalue weighted by Gasteiger charge is 2.19. The first kappa shape index (κ1) is 53.4. The number of allylic oxidation sites excluding steroid dienone is 8. The first-order valence-electron chi connectivity index (χ1n) is 23.6. The van der Waals surface area contributed by atoms with Crippen molar-refractivity contribution in [2.75, 3.05) is 13.2 Å². The van der Waals surface area contributed by atoms with E-state index in [2.05, 4.69) is 69.4 Å². The van der Waals surface area contributed by atoms with E-state index in [1.807, 2.05) is 0 Å². The molecule has 0 aliphatic heterocycles. The first-order valence-corrected chi connectivity index (χ1v) is 23.6. The van der Waals surface area contributed by atoms with Gasteiger partial charge in [0.15, 0.2) is 6.10 Å². The summed E-state index contributed by atoms with van der Waals surface area (Å²) in [5, 5.41) is 0. The number of unbranched alkanes of at least 4 members (excludes halogenated alkanes) is 23. The van der Waals surface area contributed by atoms with Gasteiger partial charge in [-0.15, -0.1) is 0 Å². The minimum Gasteiger partial charge on any atom is -0.462 e. The van der Waals surface area contributed by atoms with Gasteiger partial charge in [-0.25, -0.2) is 0 Å². The summed E-state index contributed by atoms with van der Waals surface area (Å²) in [5.41, 5.74) is 0. The molecule has 1 atom stereocenters. The Morgan fingerprint density at radius 2 is 0.696 bits per heavy atom. The summed E-state index contributed by atoms with van der Waals surface area (Å²) in [6.07, 6.45) is 52.4. The summed E-state index contributed by atoms with van der Waals surface area (Å²) in [5.74, 6) is -0.926. The standard InChI is InChI=1S/C50H88O6/c1-4-7-10-13-16-19-21-23-24-25-27-28-31-34-37-40-43-49(52)55-46-47(45-54-48(51)42-39-36-33-30-18-15-12-9-6-3)56-50(53)44-41-38-35-32-29-26-22-20-17-14-11-8-5-2/h8,11,17,20,24-26,29,47H,4-7,9-10,12-16,18-19,21-23,27-28,30-46H2,1-3H3/b11-8-,20-17-,25-24-,29-26-. The molecule has 6 heteroatoms. The average molecular weight is 785 g/mol. The second kappa shape index (κ2) is 45.1. The van der Waals surface area contributed by atoms with Gasteiger partial charge in [0.25, 0.3) is 0 Å². The topological polar surface area (TPSA) is 78.9 Å². The third-order valence-electron chi connectivity index (χ3n) is 10.1. The van der Waals surface area contributed by atoms with E-state index in [-0.39, 0.29) is 31.1 Å². The van der Waals surface area contributed by atoms with Crippen LogP contribution < -0.4 is 0 Å². The molecule has 0 saturated heterocycles. The van der Waals surface area contributed by atoms with Gasteiger partial charge in [0.1, 0.15) is 13.2 Å². The largest absolute Gasteiger partial charge is 0.462 e. The monoisotopic (exact) mass is 785 g/mol. The van der Waals surface area contributed by atoms with Gasteiger partial charge in [-0.05, 0) is 77.0 Å². The Bertz CT molecular complexity index is 996. The zero-order chi connectivity index (χ0) is 40.8. The van der Waals surface area contributed by atoms with Crippen LogP contribution in [0.4, 0.5) is 0 Å². The third-order valence-corrected chi connectivity index (χ3v) is 10.1. The molecule has 0 fully saturated rings. The van der Waals surface area contributed by atoms with Gasteiger partial charge in [-0.3, -0.25) is 14.4 Å². The lowest BCUT2D eigenvalue weighted by Crippen LogP contribution is -2.30. The predicted octanol–water partition coefficient (Wildman–Crippen LogP) is 15.1. The van der Waals surface area contributed by atoms with E-state index in [0.29, 0.717) is 19.3 Å². The van der Waals surface area contributed by atoms with Crippen molar-refractivity contribution in [3.05, 3.63) is 48.6 Å². The van der Waals surface area contributed by atoms with Crippen LogP contribution in [-0.4, -0.2) is 37.2 Å². The molecule has 0 aromatic rings. The highest BCUT2D eigenvalue weighted by Crippen LogP contribution is 2.14. The lowest BCUT2D eigenvalue weighted by atomic mass is 10.1. The third kappa shape index (κ3) is 42.5. The maximum Gasteiger partial charge on any atom is 0.306 e. The fraction of sp³-hybridized carbons (Fsp3) is 0.780. The van der Waals surface area contributed by atoms with Crippen LogP contribution in [0.1, 0.15) is 233 Å². The maximum absolute atomic E-state index is 12.7. The van der Waals surface area contributed by atoms with Crippen LogP contribution in [0.25, 0.3) is 0 Å². The van der Waals surface area contributed by atoms with E-state index < -0.39 is 6.10 Å². The summed E-state index contributed by atoms with van der Waals surface area (Å²) in [7, 11) is 0. The molecular weight excluding hydrogens is 697 g/mol. The molecule has 0 aromatic carbocycles. The summed E-state index contributed by atoms with van der Waals surface area (Å²) < 4.78 is 16.7. The number of hydrogen-bond acceptors (Lipinski definition) is 6. The number of carbonyl (C=O) groups excluding carboxylic acids is 3. The molecule has 0 heterocycles. The number of esters is 3. The molecule has 0 radical (unpaired) electrons. The quantitative estimate of drug-likeness (QED) is 0.0265. The number of carbonyl (C=O) groups is 3. The normalized spacial score (nSPS) is 12.4. The molecule has 0 aliphatic carbocycles. The van der Waals surface area contributed by atoms with Crippen LogP contribution in [0.2, 0.25) is 0 Å². The highest BCUT2D eigenvalue weighted by atomic mass is 16.6. The molecule has 56 heavy (non-hydrogen) atoms. The minimum atomic E-state index is -0.786. The SMILES string of the molecule is CC/C=C\C/C=C\C/C=C\CCCCCC(=O)OC(COC(=O)CCCCCCC/C=C\CCCCCCCCC)COC(=O)CCCCCCCCCCC. The van der Waals surface area contributed by atoms with E-state index in [9.17, 15) is 14.4 Å².